The lowest BCUT2D eigenvalue weighted by Crippen LogP contribution is -2.48. The zero-order valence-corrected chi connectivity index (χ0v) is 15.2. The molecule has 0 aromatic carbocycles. The standard InChI is InChI=1S/C14H14BrClN4O2S/c15-12-9-11(10-18-14(12)16)23(21,22)20-7-5-19(6-8-20)13-3-1-2-4-17-13/h1-4,9-10H,5-8H2. The Morgan fingerprint density at radius 1 is 1.13 bits per heavy atom. The topological polar surface area (TPSA) is 66.4 Å². The summed E-state index contributed by atoms with van der Waals surface area (Å²) in [6.07, 6.45) is 3.02. The molecule has 0 saturated carbocycles. The highest BCUT2D eigenvalue weighted by atomic mass is 79.9. The van der Waals surface area contributed by atoms with Gasteiger partial charge in [-0.05, 0) is 34.1 Å². The Hall–Kier alpha value is -1.22. The molecular weight excluding hydrogens is 404 g/mol. The monoisotopic (exact) mass is 416 g/mol. The lowest BCUT2D eigenvalue weighted by atomic mass is 10.3. The molecule has 0 spiro atoms. The summed E-state index contributed by atoms with van der Waals surface area (Å²) in [6.45, 7) is 2.00. The smallest absolute Gasteiger partial charge is 0.244 e. The van der Waals surface area contributed by atoms with E-state index < -0.39 is 10.0 Å². The average Bonchev–Trinajstić information content (AvgIpc) is 2.58. The molecule has 1 aliphatic rings. The lowest BCUT2D eigenvalue weighted by molar-refractivity contribution is 0.383. The van der Waals surface area contributed by atoms with Crippen LogP contribution in [0.25, 0.3) is 0 Å². The van der Waals surface area contributed by atoms with E-state index in [4.69, 9.17) is 11.6 Å². The predicted octanol–water partition coefficient (Wildman–Crippen LogP) is 2.40. The zero-order chi connectivity index (χ0) is 16.4. The summed E-state index contributed by atoms with van der Waals surface area (Å²) in [5.74, 6) is 0.862. The fraction of sp³-hybridized carbons (Fsp3) is 0.286. The summed E-state index contributed by atoms with van der Waals surface area (Å²) in [5, 5.41) is 0.240. The number of hydrogen-bond acceptors (Lipinski definition) is 5. The molecule has 6 nitrogen and oxygen atoms in total. The van der Waals surface area contributed by atoms with Crippen molar-refractivity contribution in [3.8, 4) is 0 Å². The van der Waals surface area contributed by atoms with Crippen LogP contribution < -0.4 is 4.90 Å². The van der Waals surface area contributed by atoms with Crippen molar-refractivity contribution in [2.24, 2.45) is 0 Å². The third-order valence-electron chi connectivity index (χ3n) is 3.62. The largest absolute Gasteiger partial charge is 0.354 e. The molecule has 2 aromatic heterocycles. The molecule has 0 atom stereocenters. The minimum absolute atomic E-state index is 0.139. The van der Waals surface area contributed by atoms with E-state index in [0.717, 1.165) is 5.82 Å². The van der Waals surface area contributed by atoms with Crippen LogP contribution in [0.5, 0.6) is 0 Å². The van der Waals surface area contributed by atoms with E-state index in [1.54, 1.807) is 6.20 Å². The van der Waals surface area contributed by atoms with E-state index in [1.807, 2.05) is 18.2 Å². The maximum absolute atomic E-state index is 12.7. The van der Waals surface area contributed by atoms with E-state index in [1.165, 1.54) is 16.6 Å². The van der Waals surface area contributed by atoms with Gasteiger partial charge in [0.05, 0.1) is 4.47 Å². The third-order valence-corrected chi connectivity index (χ3v) is 6.62. The van der Waals surface area contributed by atoms with Crippen molar-refractivity contribution < 1.29 is 8.42 Å². The van der Waals surface area contributed by atoms with Crippen molar-refractivity contribution in [1.82, 2.24) is 14.3 Å². The zero-order valence-electron chi connectivity index (χ0n) is 12.1. The van der Waals surface area contributed by atoms with Crippen molar-refractivity contribution in [2.45, 2.75) is 4.90 Å². The Morgan fingerprint density at radius 2 is 1.87 bits per heavy atom. The Kier molecular flexibility index (Phi) is 4.86. The molecule has 2 aromatic rings. The first kappa shape index (κ1) is 16.6. The second kappa shape index (κ2) is 6.72. The van der Waals surface area contributed by atoms with Gasteiger partial charge < -0.3 is 4.90 Å². The second-order valence-electron chi connectivity index (χ2n) is 5.02. The van der Waals surface area contributed by atoms with Gasteiger partial charge in [0.15, 0.2) is 0 Å². The number of hydrogen-bond donors (Lipinski definition) is 0. The van der Waals surface area contributed by atoms with Crippen LogP contribution in [0, 0.1) is 0 Å². The molecule has 0 bridgehead atoms. The maximum Gasteiger partial charge on any atom is 0.244 e. The summed E-state index contributed by atoms with van der Waals surface area (Å²) in [6, 6.07) is 7.18. The van der Waals surface area contributed by atoms with E-state index in [9.17, 15) is 8.42 Å². The Morgan fingerprint density at radius 3 is 2.48 bits per heavy atom. The SMILES string of the molecule is O=S(=O)(c1cnc(Cl)c(Br)c1)N1CCN(c2ccccn2)CC1. The summed E-state index contributed by atoms with van der Waals surface area (Å²) in [5.41, 5.74) is 0. The van der Waals surface area contributed by atoms with Crippen LogP contribution in [0.4, 0.5) is 5.82 Å². The third kappa shape index (κ3) is 3.50. The molecule has 0 N–H and O–H groups in total. The molecule has 0 unspecified atom stereocenters. The van der Waals surface area contributed by atoms with Crippen molar-refractivity contribution in [3.05, 3.63) is 46.3 Å². The van der Waals surface area contributed by atoms with Gasteiger partial charge in [0, 0.05) is 38.6 Å². The highest BCUT2D eigenvalue weighted by Gasteiger charge is 2.29. The molecule has 0 radical (unpaired) electrons. The van der Waals surface area contributed by atoms with Crippen LogP contribution in [0.3, 0.4) is 0 Å². The number of rotatable bonds is 3. The van der Waals surface area contributed by atoms with Gasteiger partial charge >= 0.3 is 0 Å². The number of halogens is 2. The first-order valence-electron chi connectivity index (χ1n) is 6.95. The molecular formula is C14H14BrClN4O2S. The Labute approximate surface area is 148 Å². The number of nitrogens with zero attached hydrogens (tertiary/aromatic N) is 4. The first-order valence-corrected chi connectivity index (χ1v) is 9.57. The number of aromatic nitrogens is 2. The average molecular weight is 418 g/mol. The van der Waals surface area contributed by atoms with Gasteiger partial charge in [-0.25, -0.2) is 18.4 Å². The molecule has 0 aliphatic carbocycles. The van der Waals surface area contributed by atoms with Gasteiger partial charge in [-0.1, -0.05) is 17.7 Å². The molecule has 122 valence electrons. The van der Waals surface area contributed by atoms with E-state index in [0.29, 0.717) is 30.7 Å². The number of pyridine rings is 2. The van der Waals surface area contributed by atoms with Crippen LogP contribution in [0.1, 0.15) is 0 Å². The van der Waals surface area contributed by atoms with Crippen LogP contribution >= 0.6 is 27.5 Å². The second-order valence-corrected chi connectivity index (χ2v) is 8.17. The molecule has 1 aliphatic heterocycles. The number of piperazine rings is 1. The Balaban J connectivity index is 1.75. The number of sulfonamides is 1. The lowest BCUT2D eigenvalue weighted by Gasteiger charge is -2.34. The highest BCUT2D eigenvalue weighted by Crippen LogP contribution is 2.25. The van der Waals surface area contributed by atoms with Crippen molar-refractivity contribution >= 4 is 43.4 Å². The molecule has 1 saturated heterocycles. The van der Waals surface area contributed by atoms with Crippen molar-refractivity contribution in [3.63, 3.8) is 0 Å². The predicted molar refractivity (Wildman–Crippen MR) is 92.2 cm³/mol. The van der Waals surface area contributed by atoms with Gasteiger partial charge in [-0.2, -0.15) is 4.31 Å². The van der Waals surface area contributed by atoms with Crippen molar-refractivity contribution in [1.29, 1.82) is 0 Å². The van der Waals surface area contributed by atoms with Gasteiger partial charge in [0.25, 0.3) is 0 Å². The summed E-state index contributed by atoms with van der Waals surface area (Å²) in [7, 11) is -3.57. The van der Waals surface area contributed by atoms with Crippen LogP contribution in [0.15, 0.2) is 46.0 Å². The molecule has 9 heteroatoms. The molecule has 0 amide bonds. The summed E-state index contributed by atoms with van der Waals surface area (Å²) >= 11 is 9.03. The minimum atomic E-state index is -3.57. The quantitative estimate of drug-likeness (QED) is 0.718. The minimum Gasteiger partial charge on any atom is -0.354 e. The molecule has 3 rings (SSSR count). The summed E-state index contributed by atoms with van der Waals surface area (Å²) < 4.78 is 27.3. The van der Waals surface area contributed by atoms with Gasteiger partial charge in [0.2, 0.25) is 10.0 Å². The van der Waals surface area contributed by atoms with Crippen LogP contribution in [-0.4, -0.2) is 48.9 Å². The normalized spacial score (nSPS) is 16.5. The number of anilines is 1. The van der Waals surface area contributed by atoms with Gasteiger partial charge in [0.1, 0.15) is 15.9 Å². The molecule has 1 fully saturated rings. The Bertz CT molecular complexity index is 796. The van der Waals surface area contributed by atoms with Gasteiger partial charge in [-0.15, -0.1) is 0 Å². The van der Waals surface area contributed by atoms with E-state index in [-0.39, 0.29) is 10.0 Å². The fourth-order valence-corrected chi connectivity index (χ4v) is 4.39. The molecule has 23 heavy (non-hydrogen) atoms. The van der Waals surface area contributed by atoms with E-state index >= 15 is 0 Å². The summed E-state index contributed by atoms with van der Waals surface area (Å²) in [4.78, 5) is 10.4. The molecule has 3 heterocycles. The van der Waals surface area contributed by atoms with E-state index in [2.05, 4.69) is 30.8 Å². The maximum atomic E-state index is 12.7. The highest BCUT2D eigenvalue weighted by molar-refractivity contribution is 9.10. The van der Waals surface area contributed by atoms with Crippen LogP contribution in [-0.2, 0) is 10.0 Å². The van der Waals surface area contributed by atoms with Crippen molar-refractivity contribution in [2.75, 3.05) is 31.1 Å². The fourth-order valence-electron chi connectivity index (χ4n) is 2.39. The van der Waals surface area contributed by atoms with Gasteiger partial charge in [-0.3, -0.25) is 0 Å². The first-order chi connectivity index (χ1) is 11.0. The van der Waals surface area contributed by atoms with Crippen LogP contribution in [0.2, 0.25) is 5.15 Å².